The first-order chi connectivity index (χ1) is 16.3. The van der Waals surface area contributed by atoms with Crippen LogP contribution in [0.1, 0.15) is 58.1 Å². The molecule has 4 aromatic rings. The first kappa shape index (κ1) is 21.8. The van der Waals surface area contributed by atoms with Crippen molar-refractivity contribution in [2.75, 3.05) is 0 Å². The molecule has 0 bridgehead atoms. The van der Waals surface area contributed by atoms with Crippen molar-refractivity contribution in [3.63, 3.8) is 0 Å². The van der Waals surface area contributed by atoms with Gasteiger partial charge in [-0.1, -0.05) is 32.0 Å². The third-order valence-corrected chi connectivity index (χ3v) is 6.19. The van der Waals surface area contributed by atoms with Gasteiger partial charge in [-0.25, -0.2) is 4.68 Å². The normalized spacial score (nSPS) is 14.6. The van der Waals surface area contributed by atoms with Gasteiger partial charge in [-0.05, 0) is 36.6 Å². The van der Waals surface area contributed by atoms with Crippen molar-refractivity contribution in [3.05, 3.63) is 89.3 Å². The van der Waals surface area contributed by atoms with Crippen molar-refractivity contribution in [2.24, 2.45) is 5.41 Å². The molecule has 172 valence electrons. The number of pyridine rings is 1. The Morgan fingerprint density at radius 1 is 1.12 bits per heavy atom. The number of Topliss-reactive ketones (excluding diaryl/α,β-unsaturated/α-hetero) is 1. The standard InChI is InChI=1S/C27H26N4O3/c1-17-23-21(32)13-27(2,3)14-22(23)34-25(17)26(33)29-15-19-16-31(20-7-5-4-6-8-20)30-24(19)18-9-11-28-12-10-18/h4-12,16H,13-15H2,1-3H3,(H,29,33). The van der Waals surface area contributed by atoms with E-state index in [-0.39, 0.29) is 29.4 Å². The number of ketones is 1. The molecule has 0 spiro atoms. The van der Waals surface area contributed by atoms with Crippen LogP contribution in [0.4, 0.5) is 0 Å². The van der Waals surface area contributed by atoms with Crippen LogP contribution in [0.5, 0.6) is 0 Å². The lowest BCUT2D eigenvalue weighted by Gasteiger charge is -2.27. The summed E-state index contributed by atoms with van der Waals surface area (Å²) in [4.78, 5) is 29.9. The molecule has 0 unspecified atom stereocenters. The molecule has 0 saturated heterocycles. The van der Waals surface area contributed by atoms with Crippen LogP contribution in [-0.2, 0) is 13.0 Å². The Kier molecular flexibility index (Phi) is 5.40. The molecule has 3 heterocycles. The van der Waals surface area contributed by atoms with E-state index in [1.54, 1.807) is 24.0 Å². The van der Waals surface area contributed by atoms with E-state index in [9.17, 15) is 9.59 Å². The number of carbonyl (C=O) groups excluding carboxylic acids is 2. The van der Waals surface area contributed by atoms with Gasteiger partial charge in [0.1, 0.15) is 5.76 Å². The molecule has 0 fully saturated rings. The molecule has 0 aliphatic heterocycles. The van der Waals surface area contributed by atoms with E-state index < -0.39 is 0 Å². The lowest BCUT2D eigenvalue weighted by Crippen LogP contribution is -2.26. The highest BCUT2D eigenvalue weighted by molar-refractivity contribution is 6.03. The fourth-order valence-corrected chi connectivity index (χ4v) is 4.56. The lowest BCUT2D eigenvalue weighted by molar-refractivity contribution is 0.0888. The van der Waals surface area contributed by atoms with Crippen LogP contribution in [0, 0.1) is 12.3 Å². The number of furan rings is 1. The summed E-state index contributed by atoms with van der Waals surface area (Å²) >= 11 is 0. The molecular formula is C27H26N4O3. The van der Waals surface area contributed by atoms with Gasteiger partial charge in [0.25, 0.3) is 5.91 Å². The zero-order valence-corrected chi connectivity index (χ0v) is 19.5. The van der Waals surface area contributed by atoms with E-state index in [0.717, 1.165) is 22.5 Å². The number of carbonyl (C=O) groups is 2. The van der Waals surface area contributed by atoms with Crippen LogP contribution in [-0.4, -0.2) is 26.5 Å². The minimum absolute atomic E-state index is 0.0376. The molecule has 34 heavy (non-hydrogen) atoms. The van der Waals surface area contributed by atoms with Gasteiger partial charge in [0.15, 0.2) is 11.5 Å². The van der Waals surface area contributed by atoms with E-state index in [1.807, 2.05) is 62.5 Å². The minimum Gasteiger partial charge on any atom is -0.455 e. The van der Waals surface area contributed by atoms with Gasteiger partial charge in [-0.2, -0.15) is 5.10 Å². The highest BCUT2D eigenvalue weighted by Gasteiger charge is 2.37. The van der Waals surface area contributed by atoms with Crippen molar-refractivity contribution >= 4 is 11.7 Å². The number of nitrogens with zero attached hydrogens (tertiary/aromatic N) is 3. The SMILES string of the molecule is Cc1c(C(=O)NCc2cn(-c3ccccc3)nc2-c2ccncc2)oc2c1C(=O)CC(C)(C)C2. The maximum Gasteiger partial charge on any atom is 0.287 e. The van der Waals surface area contributed by atoms with Crippen molar-refractivity contribution in [2.45, 2.75) is 40.2 Å². The van der Waals surface area contributed by atoms with E-state index in [4.69, 9.17) is 9.52 Å². The van der Waals surface area contributed by atoms with E-state index >= 15 is 0 Å². The van der Waals surface area contributed by atoms with Crippen molar-refractivity contribution in [3.8, 4) is 16.9 Å². The Hall–Kier alpha value is -4.00. The van der Waals surface area contributed by atoms with Gasteiger partial charge in [-0.3, -0.25) is 14.6 Å². The quantitative estimate of drug-likeness (QED) is 0.462. The second-order valence-corrected chi connectivity index (χ2v) is 9.50. The second kappa shape index (κ2) is 8.41. The lowest BCUT2D eigenvalue weighted by atomic mass is 9.76. The van der Waals surface area contributed by atoms with Gasteiger partial charge < -0.3 is 9.73 Å². The highest BCUT2D eigenvalue weighted by atomic mass is 16.4. The van der Waals surface area contributed by atoms with Crippen LogP contribution in [0.2, 0.25) is 0 Å². The summed E-state index contributed by atoms with van der Waals surface area (Å²) in [5, 5.41) is 7.73. The summed E-state index contributed by atoms with van der Waals surface area (Å²) in [5.41, 5.74) is 4.46. The largest absolute Gasteiger partial charge is 0.455 e. The molecule has 7 heteroatoms. The summed E-state index contributed by atoms with van der Waals surface area (Å²) in [5.74, 6) is 0.511. The first-order valence-electron chi connectivity index (χ1n) is 11.3. The van der Waals surface area contributed by atoms with Gasteiger partial charge in [0.05, 0.1) is 16.9 Å². The molecule has 0 saturated carbocycles. The summed E-state index contributed by atoms with van der Waals surface area (Å²) in [6.07, 6.45) is 6.44. The van der Waals surface area contributed by atoms with Crippen LogP contribution in [0.3, 0.4) is 0 Å². The monoisotopic (exact) mass is 454 g/mol. The zero-order valence-electron chi connectivity index (χ0n) is 19.5. The van der Waals surface area contributed by atoms with Crippen molar-refractivity contribution in [1.82, 2.24) is 20.1 Å². The van der Waals surface area contributed by atoms with Crippen LogP contribution in [0.15, 0.2) is 65.5 Å². The van der Waals surface area contributed by atoms with E-state index in [0.29, 0.717) is 29.7 Å². The fourth-order valence-electron chi connectivity index (χ4n) is 4.56. The van der Waals surface area contributed by atoms with Gasteiger partial charge in [-0.15, -0.1) is 0 Å². The molecule has 5 rings (SSSR count). The number of para-hydroxylation sites is 1. The average molecular weight is 455 g/mol. The molecule has 3 aromatic heterocycles. The number of hydrogen-bond donors (Lipinski definition) is 1. The maximum atomic E-state index is 13.1. The fraction of sp³-hybridized carbons (Fsp3) is 0.259. The second-order valence-electron chi connectivity index (χ2n) is 9.50. The van der Waals surface area contributed by atoms with Crippen molar-refractivity contribution < 1.29 is 14.0 Å². The number of rotatable bonds is 5. The average Bonchev–Trinajstić information content (AvgIpc) is 3.39. The maximum absolute atomic E-state index is 13.1. The third kappa shape index (κ3) is 4.05. The van der Waals surface area contributed by atoms with Crippen molar-refractivity contribution in [1.29, 1.82) is 0 Å². The topological polar surface area (TPSA) is 90.0 Å². The third-order valence-electron chi connectivity index (χ3n) is 6.19. The molecule has 1 N–H and O–H groups in total. The summed E-state index contributed by atoms with van der Waals surface area (Å²) < 4.78 is 7.72. The van der Waals surface area contributed by atoms with Gasteiger partial charge >= 0.3 is 0 Å². The van der Waals surface area contributed by atoms with Crippen LogP contribution < -0.4 is 5.32 Å². The number of amides is 1. The summed E-state index contributed by atoms with van der Waals surface area (Å²) in [6.45, 7) is 6.11. The Balaban J connectivity index is 1.43. The molecule has 1 aliphatic carbocycles. The van der Waals surface area contributed by atoms with E-state index in [2.05, 4.69) is 10.3 Å². The van der Waals surface area contributed by atoms with Crippen LogP contribution >= 0.6 is 0 Å². The Labute approximate surface area is 197 Å². The smallest absolute Gasteiger partial charge is 0.287 e. The van der Waals surface area contributed by atoms with Gasteiger partial charge in [0.2, 0.25) is 0 Å². The molecule has 1 aliphatic rings. The number of nitrogens with one attached hydrogen (secondary N) is 1. The first-order valence-corrected chi connectivity index (χ1v) is 11.3. The highest BCUT2D eigenvalue weighted by Crippen LogP contribution is 2.38. The Morgan fingerprint density at radius 3 is 2.59 bits per heavy atom. The molecule has 0 atom stereocenters. The predicted octanol–water partition coefficient (Wildman–Crippen LogP) is 4.92. The predicted molar refractivity (Wildman–Crippen MR) is 128 cm³/mol. The molecule has 0 radical (unpaired) electrons. The number of hydrogen-bond acceptors (Lipinski definition) is 5. The van der Waals surface area contributed by atoms with E-state index in [1.165, 1.54) is 0 Å². The molecule has 7 nitrogen and oxygen atoms in total. The van der Waals surface area contributed by atoms with Gasteiger partial charge in [0, 0.05) is 54.7 Å². The number of aromatic nitrogens is 3. The Bertz CT molecular complexity index is 1370. The number of fused-ring (bicyclic) bond motifs is 1. The summed E-state index contributed by atoms with van der Waals surface area (Å²) in [6, 6.07) is 13.6. The minimum atomic E-state index is -0.342. The molecule has 1 aromatic carbocycles. The Morgan fingerprint density at radius 2 is 1.85 bits per heavy atom. The number of benzene rings is 1. The molecule has 1 amide bonds. The molecular weight excluding hydrogens is 428 g/mol. The van der Waals surface area contributed by atoms with Crippen LogP contribution in [0.25, 0.3) is 16.9 Å². The summed E-state index contributed by atoms with van der Waals surface area (Å²) in [7, 11) is 0. The zero-order chi connectivity index (χ0) is 23.9.